The van der Waals surface area contributed by atoms with E-state index in [2.05, 4.69) is 19.1 Å². The van der Waals surface area contributed by atoms with Crippen molar-refractivity contribution in [2.75, 3.05) is 0 Å². The van der Waals surface area contributed by atoms with E-state index in [0.717, 1.165) is 22.3 Å². The summed E-state index contributed by atoms with van der Waals surface area (Å²) in [4.78, 5) is 0. The van der Waals surface area contributed by atoms with Gasteiger partial charge in [-0.1, -0.05) is 35.4 Å². The van der Waals surface area contributed by atoms with Gasteiger partial charge in [0.25, 0.3) is 0 Å². The first-order valence-electron chi connectivity index (χ1n) is 6.07. The third kappa shape index (κ3) is 2.93. The SMILES string of the molecule is Cc1cc(C)c(C(Cl)c2ccc(F)cc2Cl)c(C)c1. The summed E-state index contributed by atoms with van der Waals surface area (Å²) in [5, 5.41) is -0.00641. The number of rotatable bonds is 2. The topological polar surface area (TPSA) is 0 Å². The largest absolute Gasteiger partial charge is 0.207 e. The van der Waals surface area contributed by atoms with Crippen molar-refractivity contribution in [3.63, 3.8) is 0 Å². The minimum absolute atomic E-state index is 0.352. The molecule has 1 unspecified atom stereocenters. The van der Waals surface area contributed by atoms with Gasteiger partial charge in [-0.15, -0.1) is 11.6 Å². The Labute approximate surface area is 123 Å². The highest BCUT2D eigenvalue weighted by molar-refractivity contribution is 6.33. The standard InChI is InChI=1S/C16H15Cl2F/c1-9-6-10(2)15(11(3)7-9)16(18)13-5-4-12(19)8-14(13)17/h4-8,16H,1-3H3. The molecule has 0 aromatic heterocycles. The number of alkyl halides is 1. The molecule has 19 heavy (non-hydrogen) atoms. The molecule has 0 fully saturated rings. The van der Waals surface area contributed by atoms with Crippen molar-refractivity contribution in [3.8, 4) is 0 Å². The summed E-state index contributed by atoms with van der Waals surface area (Å²) >= 11 is 12.6. The number of benzene rings is 2. The van der Waals surface area contributed by atoms with Gasteiger partial charge in [0, 0.05) is 5.02 Å². The Kier molecular flexibility index (Phi) is 4.17. The van der Waals surface area contributed by atoms with Gasteiger partial charge in [-0.05, 0) is 55.2 Å². The molecule has 0 spiro atoms. The van der Waals surface area contributed by atoms with E-state index in [1.54, 1.807) is 6.07 Å². The lowest BCUT2D eigenvalue weighted by Crippen LogP contribution is -2.01. The van der Waals surface area contributed by atoms with Crippen LogP contribution in [0.15, 0.2) is 30.3 Å². The predicted molar refractivity (Wildman–Crippen MR) is 79.8 cm³/mol. The second kappa shape index (κ2) is 5.52. The van der Waals surface area contributed by atoms with E-state index in [9.17, 15) is 4.39 Å². The monoisotopic (exact) mass is 296 g/mol. The number of hydrogen-bond acceptors (Lipinski definition) is 0. The van der Waals surface area contributed by atoms with Gasteiger partial charge in [0.1, 0.15) is 5.82 Å². The molecule has 0 heterocycles. The van der Waals surface area contributed by atoms with Gasteiger partial charge in [-0.3, -0.25) is 0 Å². The van der Waals surface area contributed by atoms with E-state index < -0.39 is 0 Å². The molecule has 2 aromatic rings. The van der Waals surface area contributed by atoms with E-state index >= 15 is 0 Å². The van der Waals surface area contributed by atoms with Gasteiger partial charge < -0.3 is 0 Å². The van der Waals surface area contributed by atoms with Crippen LogP contribution in [0.2, 0.25) is 5.02 Å². The Morgan fingerprint density at radius 1 is 1.00 bits per heavy atom. The van der Waals surface area contributed by atoms with E-state index in [4.69, 9.17) is 23.2 Å². The van der Waals surface area contributed by atoms with Gasteiger partial charge in [0.2, 0.25) is 0 Å². The fraction of sp³-hybridized carbons (Fsp3) is 0.250. The normalized spacial score (nSPS) is 12.5. The lowest BCUT2D eigenvalue weighted by molar-refractivity contribution is 0.627. The second-order valence-electron chi connectivity index (χ2n) is 4.84. The summed E-state index contributed by atoms with van der Waals surface area (Å²) in [5.41, 5.74) is 5.23. The van der Waals surface area contributed by atoms with Crippen molar-refractivity contribution in [1.29, 1.82) is 0 Å². The zero-order chi connectivity index (χ0) is 14.2. The second-order valence-corrected chi connectivity index (χ2v) is 5.68. The summed E-state index contributed by atoms with van der Waals surface area (Å²) < 4.78 is 13.1. The third-order valence-electron chi connectivity index (χ3n) is 3.23. The van der Waals surface area contributed by atoms with Crippen LogP contribution in [0.5, 0.6) is 0 Å². The zero-order valence-corrected chi connectivity index (χ0v) is 12.6. The molecule has 0 bridgehead atoms. The zero-order valence-electron chi connectivity index (χ0n) is 11.1. The predicted octanol–water partition coefficient (Wildman–Crippen LogP) is 5.73. The van der Waals surface area contributed by atoms with Crippen molar-refractivity contribution in [1.82, 2.24) is 0 Å². The van der Waals surface area contributed by atoms with Gasteiger partial charge in [0.15, 0.2) is 0 Å². The maximum absolute atomic E-state index is 13.1. The molecular formula is C16H15Cl2F. The van der Waals surface area contributed by atoms with Crippen LogP contribution in [0.25, 0.3) is 0 Å². The fourth-order valence-electron chi connectivity index (χ4n) is 2.45. The van der Waals surface area contributed by atoms with E-state index in [0.29, 0.717) is 5.02 Å². The number of halogens is 3. The molecule has 100 valence electrons. The summed E-state index contributed by atoms with van der Waals surface area (Å²) in [7, 11) is 0. The Morgan fingerprint density at radius 3 is 2.11 bits per heavy atom. The van der Waals surface area contributed by atoms with Crippen LogP contribution in [0.1, 0.15) is 33.2 Å². The average Bonchev–Trinajstić information content (AvgIpc) is 2.26. The smallest absolute Gasteiger partial charge is 0.124 e. The van der Waals surface area contributed by atoms with E-state index in [1.807, 2.05) is 13.8 Å². The summed E-state index contributed by atoms with van der Waals surface area (Å²) in [6, 6.07) is 8.51. The van der Waals surface area contributed by atoms with Crippen molar-refractivity contribution in [2.24, 2.45) is 0 Å². The highest BCUT2D eigenvalue weighted by Gasteiger charge is 2.18. The molecule has 0 saturated carbocycles. The molecule has 3 heteroatoms. The summed E-state index contributed by atoms with van der Waals surface area (Å²) in [5.74, 6) is -0.352. The summed E-state index contributed by atoms with van der Waals surface area (Å²) in [6.45, 7) is 6.11. The maximum Gasteiger partial charge on any atom is 0.124 e. The molecule has 1 atom stereocenters. The molecule has 0 radical (unpaired) electrons. The molecular weight excluding hydrogens is 282 g/mol. The molecule has 0 nitrogen and oxygen atoms in total. The molecule has 0 saturated heterocycles. The maximum atomic E-state index is 13.1. The number of aryl methyl sites for hydroxylation is 3. The van der Waals surface area contributed by atoms with Gasteiger partial charge in [-0.25, -0.2) is 4.39 Å². The quantitative estimate of drug-likeness (QED) is 0.621. The Balaban J connectivity index is 2.53. The average molecular weight is 297 g/mol. The van der Waals surface area contributed by atoms with Crippen molar-refractivity contribution in [2.45, 2.75) is 26.1 Å². The van der Waals surface area contributed by atoms with Crippen molar-refractivity contribution < 1.29 is 4.39 Å². The Hall–Kier alpha value is -1.05. The van der Waals surface area contributed by atoms with Gasteiger partial charge in [0.05, 0.1) is 5.38 Å². The highest BCUT2D eigenvalue weighted by atomic mass is 35.5. The van der Waals surface area contributed by atoms with E-state index in [-0.39, 0.29) is 11.2 Å². The molecule has 0 aliphatic heterocycles. The van der Waals surface area contributed by atoms with Crippen LogP contribution in [0.3, 0.4) is 0 Å². The van der Waals surface area contributed by atoms with Crippen LogP contribution >= 0.6 is 23.2 Å². The summed E-state index contributed by atoms with van der Waals surface area (Å²) in [6.07, 6.45) is 0. The molecule has 2 rings (SSSR count). The van der Waals surface area contributed by atoms with Crippen LogP contribution in [-0.2, 0) is 0 Å². The third-order valence-corrected chi connectivity index (χ3v) is 4.01. The molecule has 0 aliphatic rings. The number of hydrogen-bond donors (Lipinski definition) is 0. The molecule has 0 aliphatic carbocycles. The molecule has 0 amide bonds. The first kappa shape index (κ1) is 14.4. The van der Waals surface area contributed by atoms with Crippen LogP contribution in [0.4, 0.5) is 4.39 Å². The minimum Gasteiger partial charge on any atom is -0.207 e. The fourth-order valence-corrected chi connectivity index (χ4v) is 3.32. The molecule has 0 N–H and O–H groups in total. The van der Waals surface area contributed by atoms with Crippen LogP contribution < -0.4 is 0 Å². The first-order chi connectivity index (χ1) is 8.90. The van der Waals surface area contributed by atoms with Gasteiger partial charge >= 0.3 is 0 Å². The van der Waals surface area contributed by atoms with Crippen LogP contribution in [0, 0.1) is 26.6 Å². The van der Waals surface area contributed by atoms with E-state index in [1.165, 1.54) is 17.7 Å². The molecule has 2 aromatic carbocycles. The Bertz CT molecular complexity index is 597. The Morgan fingerprint density at radius 2 is 1.58 bits per heavy atom. The van der Waals surface area contributed by atoms with Crippen molar-refractivity contribution in [3.05, 3.63) is 69.0 Å². The lowest BCUT2D eigenvalue weighted by atomic mass is 9.94. The first-order valence-corrected chi connectivity index (χ1v) is 6.88. The highest BCUT2D eigenvalue weighted by Crippen LogP contribution is 2.37. The minimum atomic E-state index is -0.367. The van der Waals surface area contributed by atoms with Crippen LogP contribution in [-0.4, -0.2) is 0 Å². The van der Waals surface area contributed by atoms with Crippen molar-refractivity contribution >= 4 is 23.2 Å². The lowest BCUT2D eigenvalue weighted by Gasteiger charge is -2.18. The van der Waals surface area contributed by atoms with Gasteiger partial charge in [-0.2, -0.15) is 0 Å².